The van der Waals surface area contributed by atoms with Crippen molar-refractivity contribution >= 4 is 39.2 Å². The van der Waals surface area contributed by atoms with Gasteiger partial charge in [-0.05, 0) is 65.2 Å². The maximum atomic E-state index is 11.2. The lowest BCUT2D eigenvalue weighted by molar-refractivity contribution is -0.393. The first-order chi connectivity index (χ1) is 15.2. The molecule has 9 nitrogen and oxygen atoms in total. The van der Waals surface area contributed by atoms with Crippen LogP contribution in [-0.2, 0) is 6.61 Å². The van der Waals surface area contributed by atoms with Crippen molar-refractivity contribution in [3.8, 4) is 5.75 Å². The van der Waals surface area contributed by atoms with Crippen molar-refractivity contribution in [1.29, 1.82) is 0 Å². The van der Waals surface area contributed by atoms with Crippen molar-refractivity contribution in [2.24, 2.45) is 5.10 Å². The first kappa shape index (κ1) is 22.9. The number of hydrogen-bond donors (Lipinski definition) is 1. The monoisotopic (exact) mass is 498 g/mol. The number of nitrogens with one attached hydrogen (secondary N) is 1. The summed E-state index contributed by atoms with van der Waals surface area (Å²) < 4.78 is 6.63. The third kappa shape index (κ3) is 5.88. The summed E-state index contributed by atoms with van der Waals surface area (Å²) in [5.41, 5.74) is 5.94. The largest absolute Gasteiger partial charge is 0.488 e. The molecule has 0 aliphatic rings. The molecular weight excluding hydrogens is 480 g/mol. The molecule has 32 heavy (non-hydrogen) atoms. The molecule has 0 unspecified atom stereocenters. The van der Waals surface area contributed by atoms with E-state index in [0.29, 0.717) is 17.9 Å². The maximum Gasteiger partial charge on any atom is 0.301 e. The Hall–Kier alpha value is -3.79. The first-order valence-electron chi connectivity index (χ1n) is 9.44. The number of non-ortho nitro benzene ring substituents is 1. The third-order valence-electron chi connectivity index (χ3n) is 4.42. The van der Waals surface area contributed by atoms with E-state index in [9.17, 15) is 20.2 Å². The van der Waals surface area contributed by atoms with Crippen LogP contribution in [0.15, 0.2) is 64.2 Å². The number of anilines is 1. The molecule has 3 rings (SSSR count). The van der Waals surface area contributed by atoms with Crippen LogP contribution in [-0.4, -0.2) is 16.1 Å². The summed E-state index contributed by atoms with van der Waals surface area (Å²) in [6, 6.07) is 14.9. The molecule has 0 heterocycles. The highest BCUT2D eigenvalue weighted by molar-refractivity contribution is 9.10. The summed E-state index contributed by atoms with van der Waals surface area (Å²) in [7, 11) is 0. The molecule has 164 valence electrons. The van der Waals surface area contributed by atoms with E-state index >= 15 is 0 Å². The molecule has 0 spiro atoms. The average Bonchev–Trinajstić information content (AvgIpc) is 2.72. The summed E-state index contributed by atoms with van der Waals surface area (Å²) >= 11 is 3.48. The molecule has 0 atom stereocenters. The van der Waals surface area contributed by atoms with Crippen molar-refractivity contribution in [1.82, 2.24) is 0 Å². The quantitative estimate of drug-likeness (QED) is 0.234. The van der Waals surface area contributed by atoms with Crippen LogP contribution in [0.1, 0.15) is 22.3 Å². The van der Waals surface area contributed by atoms with E-state index in [4.69, 9.17) is 4.74 Å². The fourth-order valence-corrected chi connectivity index (χ4v) is 3.59. The summed E-state index contributed by atoms with van der Waals surface area (Å²) in [5, 5.41) is 26.0. The topological polar surface area (TPSA) is 120 Å². The average molecular weight is 499 g/mol. The number of ether oxygens (including phenoxy) is 1. The highest BCUT2D eigenvalue weighted by Gasteiger charge is 2.19. The van der Waals surface area contributed by atoms with Gasteiger partial charge in [-0.25, -0.2) is 0 Å². The second kappa shape index (κ2) is 10.0. The van der Waals surface area contributed by atoms with Gasteiger partial charge in [-0.15, -0.1) is 0 Å². The van der Waals surface area contributed by atoms with Gasteiger partial charge in [0.2, 0.25) is 0 Å². The zero-order chi connectivity index (χ0) is 23.3. The fraction of sp³-hybridized carbons (Fsp3) is 0.136. The predicted octanol–water partition coefficient (Wildman–Crippen LogP) is 5.91. The zero-order valence-electron chi connectivity index (χ0n) is 17.2. The van der Waals surface area contributed by atoms with Crippen LogP contribution in [0, 0.1) is 34.1 Å². The van der Waals surface area contributed by atoms with E-state index in [0.717, 1.165) is 16.1 Å². The van der Waals surface area contributed by atoms with Gasteiger partial charge in [-0.3, -0.25) is 25.7 Å². The van der Waals surface area contributed by atoms with E-state index in [1.54, 1.807) is 18.2 Å². The van der Waals surface area contributed by atoms with Crippen LogP contribution < -0.4 is 10.2 Å². The molecular formula is C22H19BrN4O5. The van der Waals surface area contributed by atoms with Crippen molar-refractivity contribution in [3.05, 3.63) is 102 Å². The van der Waals surface area contributed by atoms with Crippen LogP contribution in [0.5, 0.6) is 5.75 Å². The van der Waals surface area contributed by atoms with Crippen LogP contribution in [0.3, 0.4) is 0 Å². The van der Waals surface area contributed by atoms with Gasteiger partial charge in [-0.2, -0.15) is 5.10 Å². The van der Waals surface area contributed by atoms with E-state index in [1.165, 1.54) is 29.5 Å². The van der Waals surface area contributed by atoms with Gasteiger partial charge in [0, 0.05) is 6.07 Å². The first-order valence-corrected chi connectivity index (χ1v) is 10.2. The Morgan fingerprint density at radius 3 is 2.34 bits per heavy atom. The fourth-order valence-electron chi connectivity index (χ4n) is 3.08. The molecule has 0 amide bonds. The molecule has 0 aromatic heterocycles. The molecule has 0 aliphatic carbocycles. The molecule has 1 N–H and O–H groups in total. The molecule has 10 heteroatoms. The van der Waals surface area contributed by atoms with Gasteiger partial charge < -0.3 is 4.74 Å². The number of nitro groups is 2. The number of aryl methyl sites for hydroxylation is 2. The Bertz CT molecular complexity index is 1190. The van der Waals surface area contributed by atoms with E-state index < -0.39 is 15.5 Å². The number of nitrogens with zero attached hydrogens (tertiary/aromatic N) is 3. The Labute approximate surface area is 192 Å². The highest BCUT2D eigenvalue weighted by Crippen LogP contribution is 2.29. The van der Waals surface area contributed by atoms with Crippen molar-refractivity contribution in [3.63, 3.8) is 0 Å². The van der Waals surface area contributed by atoms with Gasteiger partial charge in [0.25, 0.3) is 5.69 Å². The summed E-state index contributed by atoms with van der Waals surface area (Å²) in [6.07, 6.45) is 1.48. The van der Waals surface area contributed by atoms with Gasteiger partial charge in [0.1, 0.15) is 18.0 Å². The Morgan fingerprint density at radius 2 is 1.72 bits per heavy atom. The van der Waals surface area contributed by atoms with Crippen molar-refractivity contribution in [2.75, 3.05) is 5.43 Å². The summed E-state index contributed by atoms with van der Waals surface area (Å²) in [4.78, 5) is 20.6. The molecule has 0 bridgehead atoms. The minimum atomic E-state index is -0.705. The van der Waals surface area contributed by atoms with Crippen LogP contribution in [0.25, 0.3) is 0 Å². The van der Waals surface area contributed by atoms with E-state index in [2.05, 4.69) is 44.7 Å². The number of rotatable bonds is 8. The molecule has 0 saturated heterocycles. The van der Waals surface area contributed by atoms with Crippen molar-refractivity contribution in [2.45, 2.75) is 20.5 Å². The Morgan fingerprint density at radius 1 is 1.00 bits per heavy atom. The molecule has 0 fully saturated rings. The molecule has 0 saturated carbocycles. The van der Waals surface area contributed by atoms with Gasteiger partial charge >= 0.3 is 5.69 Å². The minimum Gasteiger partial charge on any atom is -0.488 e. The molecule has 3 aromatic carbocycles. The Balaban J connectivity index is 1.68. The normalized spacial score (nSPS) is 10.8. The predicted molar refractivity (Wildman–Crippen MR) is 125 cm³/mol. The lowest BCUT2D eigenvalue weighted by Crippen LogP contribution is -1.99. The zero-order valence-corrected chi connectivity index (χ0v) is 18.8. The van der Waals surface area contributed by atoms with Crippen LogP contribution >= 0.6 is 15.9 Å². The second-order valence-corrected chi connectivity index (χ2v) is 7.91. The lowest BCUT2D eigenvalue weighted by Gasteiger charge is -2.10. The number of hydrogen-bond acceptors (Lipinski definition) is 7. The van der Waals surface area contributed by atoms with Crippen molar-refractivity contribution < 1.29 is 14.6 Å². The van der Waals surface area contributed by atoms with E-state index in [1.807, 2.05) is 13.8 Å². The number of hydrazone groups is 1. The third-order valence-corrected chi connectivity index (χ3v) is 5.04. The second-order valence-electron chi connectivity index (χ2n) is 7.06. The number of halogens is 1. The van der Waals surface area contributed by atoms with Gasteiger partial charge in [0.15, 0.2) is 0 Å². The summed E-state index contributed by atoms with van der Waals surface area (Å²) in [5.74, 6) is 0.667. The highest BCUT2D eigenvalue weighted by atomic mass is 79.9. The van der Waals surface area contributed by atoms with Gasteiger partial charge in [-0.1, -0.05) is 29.3 Å². The SMILES string of the molecule is Cc1cc(C)cc(COc2ccc(/C=N/Nc3ccc([N+](=O)[O-])cc3[N+](=O)[O-])cc2Br)c1. The van der Waals surface area contributed by atoms with Crippen LogP contribution in [0.2, 0.25) is 0 Å². The smallest absolute Gasteiger partial charge is 0.301 e. The maximum absolute atomic E-state index is 11.2. The molecule has 0 radical (unpaired) electrons. The minimum absolute atomic E-state index is 0.0457. The molecule has 3 aromatic rings. The summed E-state index contributed by atoms with van der Waals surface area (Å²) in [6.45, 7) is 4.51. The number of nitro benzene ring substituents is 2. The molecule has 0 aliphatic heterocycles. The number of benzene rings is 3. The van der Waals surface area contributed by atoms with E-state index in [-0.39, 0.29) is 11.4 Å². The van der Waals surface area contributed by atoms with Gasteiger partial charge in [0.05, 0.1) is 26.6 Å². The Kier molecular flexibility index (Phi) is 7.16. The lowest BCUT2D eigenvalue weighted by atomic mass is 10.1. The van der Waals surface area contributed by atoms with Crippen LogP contribution in [0.4, 0.5) is 17.1 Å². The standard InChI is InChI=1S/C22H19BrN4O5/c1-14-7-15(2)9-17(8-14)13-32-22-6-3-16(10-19(22)23)12-24-25-20-5-4-18(26(28)29)11-21(20)27(30)31/h3-12,25H,13H2,1-2H3/b24-12+.